The average Bonchev–Trinajstić information content (AvgIpc) is 3.04. The summed E-state index contributed by atoms with van der Waals surface area (Å²) >= 11 is 1.60. The highest BCUT2D eigenvalue weighted by atomic mass is 32.1. The van der Waals surface area contributed by atoms with Crippen molar-refractivity contribution >= 4 is 32.9 Å². The van der Waals surface area contributed by atoms with E-state index in [0.717, 1.165) is 34.7 Å². The zero-order valence-corrected chi connectivity index (χ0v) is 11.8. The number of nitrogens with zero attached hydrogens (tertiary/aromatic N) is 2. The molecular formula is C13H17N3O2S. The standard InChI is InChI=1S/C13H17N3O2S/c1-17-9-5-16(6-10(9)18-2)8-3-4-11-13(12(8)14)15-7-19-11/h3-4,7,9-10H,5-6,14H2,1-2H3. The Labute approximate surface area is 115 Å². The van der Waals surface area contributed by atoms with Crippen LogP contribution in [-0.4, -0.2) is 44.5 Å². The molecule has 19 heavy (non-hydrogen) atoms. The molecule has 2 aromatic rings. The van der Waals surface area contributed by atoms with Gasteiger partial charge in [-0.05, 0) is 12.1 Å². The number of nitrogen functional groups attached to an aromatic ring is 1. The van der Waals surface area contributed by atoms with E-state index < -0.39 is 0 Å². The molecule has 3 rings (SSSR count). The highest BCUT2D eigenvalue weighted by Gasteiger charge is 2.34. The predicted octanol–water partition coefficient (Wildman–Crippen LogP) is 1.73. The maximum Gasteiger partial charge on any atom is 0.106 e. The topological polar surface area (TPSA) is 60.6 Å². The van der Waals surface area contributed by atoms with Gasteiger partial charge in [0.1, 0.15) is 17.7 Å². The van der Waals surface area contributed by atoms with Gasteiger partial charge in [-0.2, -0.15) is 0 Å². The van der Waals surface area contributed by atoms with Crippen LogP contribution in [0, 0.1) is 0 Å². The molecule has 1 fully saturated rings. The van der Waals surface area contributed by atoms with Gasteiger partial charge in [-0.15, -0.1) is 11.3 Å². The van der Waals surface area contributed by atoms with Crippen molar-refractivity contribution in [1.29, 1.82) is 0 Å². The van der Waals surface area contributed by atoms with Crippen molar-refractivity contribution in [3.8, 4) is 0 Å². The van der Waals surface area contributed by atoms with E-state index >= 15 is 0 Å². The molecule has 2 atom stereocenters. The van der Waals surface area contributed by atoms with Crippen LogP contribution in [0.1, 0.15) is 0 Å². The molecule has 0 spiro atoms. The van der Waals surface area contributed by atoms with Gasteiger partial charge in [0, 0.05) is 27.3 Å². The van der Waals surface area contributed by atoms with Crippen LogP contribution in [0.3, 0.4) is 0 Å². The number of ether oxygens (including phenoxy) is 2. The third kappa shape index (κ3) is 2.05. The second-order valence-electron chi connectivity index (χ2n) is 4.65. The molecule has 102 valence electrons. The molecule has 0 amide bonds. The van der Waals surface area contributed by atoms with Gasteiger partial charge < -0.3 is 20.1 Å². The van der Waals surface area contributed by atoms with E-state index in [2.05, 4.69) is 22.0 Å². The number of nitrogens with two attached hydrogens (primary N) is 1. The maximum atomic E-state index is 6.24. The first-order valence-electron chi connectivity index (χ1n) is 6.16. The number of rotatable bonds is 3. The van der Waals surface area contributed by atoms with Gasteiger partial charge in [-0.25, -0.2) is 4.98 Å². The van der Waals surface area contributed by atoms with E-state index in [1.807, 2.05) is 5.51 Å². The van der Waals surface area contributed by atoms with Crippen molar-refractivity contribution in [3.63, 3.8) is 0 Å². The summed E-state index contributed by atoms with van der Waals surface area (Å²) in [5, 5.41) is 0. The lowest BCUT2D eigenvalue weighted by atomic mass is 10.2. The number of methoxy groups -OCH3 is 2. The van der Waals surface area contributed by atoms with E-state index in [1.165, 1.54) is 0 Å². The summed E-state index contributed by atoms with van der Waals surface area (Å²) in [6, 6.07) is 4.13. The first kappa shape index (κ1) is 12.7. The fraction of sp³-hybridized carbons (Fsp3) is 0.462. The van der Waals surface area contributed by atoms with Crippen LogP contribution < -0.4 is 10.6 Å². The van der Waals surface area contributed by atoms with E-state index in [-0.39, 0.29) is 12.2 Å². The zero-order valence-electron chi connectivity index (χ0n) is 11.0. The summed E-state index contributed by atoms with van der Waals surface area (Å²) in [7, 11) is 3.43. The minimum Gasteiger partial charge on any atom is -0.395 e. The molecule has 0 bridgehead atoms. The van der Waals surface area contributed by atoms with Gasteiger partial charge in [0.15, 0.2) is 0 Å². The van der Waals surface area contributed by atoms with Crippen LogP contribution in [0.5, 0.6) is 0 Å². The molecule has 1 aromatic carbocycles. The van der Waals surface area contributed by atoms with Gasteiger partial charge in [0.25, 0.3) is 0 Å². The summed E-state index contributed by atoms with van der Waals surface area (Å²) in [6.45, 7) is 1.57. The Morgan fingerprint density at radius 3 is 2.58 bits per heavy atom. The van der Waals surface area contributed by atoms with Crippen molar-refractivity contribution in [2.24, 2.45) is 0 Å². The van der Waals surface area contributed by atoms with Crippen LogP contribution in [0.25, 0.3) is 10.2 Å². The quantitative estimate of drug-likeness (QED) is 0.867. The smallest absolute Gasteiger partial charge is 0.106 e. The van der Waals surface area contributed by atoms with Crippen LogP contribution in [0.15, 0.2) is 17.6 Å². The Morgan fingerprint density at radius 1 is 1.26 bits per heavy atom. The third-order valence-electron chi connectivity index (χ3n) is 3.68. The summed E-state index contributed by atoms with van der Waals surface area (Å²) in [5.74, 6) is 0. The van der Waals surface area contributed by atoms with Crippen LogP contribution in [-0.2, 0) is 9.47 Å². The fourth-order valence-electron chi connectivity index (χ4n) is 2.61. The van der Waals surface area contributed by atoms with Gasteiger partial charge in [0.05, 0.1) is 21.6 Å². The molecule has 0 saturated carbocycles. The molecule has 2 heterocycles. The second kappa shape index (κ2) is 4.96. The Morgan fingerprint density at radius 2 is 1.95 bits per heavy atom. The first-order valence-corrected chi connectivity index (χ1v) is 7.04. The summed E-state index contributed by atoms with van der Waals surface area (Å²) < 4.78 is 12.0. The van der Waals surface area contributed by atoms with Gasteiger partial charge in [-0.3, -0.25) is 0 Å². The molecular weight excluding hydrogens is 262 g/mol. The van der Waals surface area contributed by atoms with Crippen molar-refractivity contribution < 1.29 is 9.47 Å². The summed E-state index contributed by atoms with van der Waals surface area (Å²) in [4.78, 5) is 6.54. The average molecular weight is 279 g/mol. The number of hydrogen-bond donors (Lipinski definition) is 1. The number of anilines is 2. The molecule has 2 unspecified atom stereocenters. The molecule has 1 aliphatic heterocycles. The molecule has 6 heteroatoms. The summed E-state index contributed by atoms with van der Waals surface area (Å²) in [6.07, 6.45) is 0.158. The molecule has 1 saturated heterocycles. The molecule has 1 aliphatic rings. The van der Waals surface area contributed by atoms with Crippen LogP contribution in [0.2, 0.25) is 0 Å². The Bertz CT molecular complexity index is 574. The number of benzene rings is 1. The molecule has 0 radical (unpaired) electrons. The Hall–Kier alpha value is -1.37. The lowest BCUT2D eigenvalue weighted by Gasteiger charge is -2.20. The highest BCUT2D eigenvalue weighted by molar-refractivity contribution is 7.16. The number of thiazole rings is 1. The lowest BCUT2D eigenvalue weighted by Crippen LogP contribution is -2.27. The van der Waals surface area contributed by atoms with Crippen molar-refractivity contribution in [3.05, 3.63) is 17.6 Å². The van der Waals surface area contributed by atoms with E-state index in [1.54, 1.807) is 25.6 Å². The molecule has 2 N–H and O–H groups in total. The monoisotopic (exact) mass is 279 g/mol. The predicted molar refractivity (Wildman–Crippen MR) is 77.8 cm³/mol. The van der Waals surface area contributed by atoms with E-state index in [4.69, 9.17) is 15.2 Å². The first-order chi connectivity index (χ1) is 9.24. The van der Waals surface area contributed by atoms with Gasteiger partial charge >= 0.3 is 0 Å². The molecule has 5 nitrogen and oxygen atoms in total. The van der Waals surface area contributed by atoms with Crippen LogP contribution >= 0.6 is 11.3 Å². The molecule has 1 aromatic heterocycles. The number of fused-ring (bicyclic) bond motifs is 1. The van der Waals surface area contributed by atoms with Gasteiger partial charge in [-0.1, -0.05) is 0 Å². The maximum absolute atomic E-state index is 6.24. The second-order valence-corrected chi connectivity index (χ2v) is 5.54. The van der Waals surface area contributed by atoms with E-state index in [9.17, 15) is 0 Å². The van der Waals surface area contributed by atoms with Crippen molar-refractivity contribution in [2.45, 2.75) is 12.2 Å². The normalized spacial score (nSPS) is 23.4. The minimum absolute atomic E-state index is 0.0792. The minimum atomic E-state index is 0.0792. The van der Waals surface area contributed by atoms with Gasteiger partial charge in [0.2, 0.25) is 0 Å². The zero-order chi connectivity index (χ0) is 13.4. The lowest BCUT2D eigenvalue weighted by molar-refractivity contribution is -0.00461. The van der Waals surface area contributed by atoms with Crippen molar-refractivity contribution in [2.75, 3.05) is 37.9 Å². The number of aromatic nitrogens is 1. The van der Waals surface area contributed by atoms with Crippen LogP contribution in [0.4, 0.5) is 11.4 Å². The molecule has 0 aliphatic carbocycles. The Kier molecular flexibility index (Phi) is 3.30. The third-order valence-corrected chi connectivity index (χ3v) is 4.47. The summed E-state index contributed by atoms with van der Waals surface area (Å²) in [5.41, 5.74) is 10.7. The van der Waals surface area contributed by atoms with Crippen molar-refractivity contribution in [1.82, 2.24) is 4.98 Å². The number of hydrogen-bond acceptors (Lipinski definition) is 6. The highest BCUT2D eigenvalue weighted by Crippen LogP contribution is 2.34. The van der Waals surface area contributed by atoms with E-state index in [0.29, 0.717) is 0 Å². The fourth-order valence-corrected chi connectivity index (χ4v) is 3.30. The SMILES string of the molecule is COC1CN(c2ccc3scnc3c2N)CC1OC. The largest absolute Gasteiger partial charge is 0.395 e. The Balaban J connectivity index is 1.94.